The highest BCUT2D eigenvalue weighted by molar-refractivity contribution is 6.37. The lowest BCUT2D eigenvalue weighted by Gasteiger charge is -2.15. The van der Waals surface area contributed by atoms with Crippen LogP contribution < -0.4 is 10.6 Å². The van der Waals surface area contributed by atoms with Crippen LogP contribution >= 0.6 is 11.6 Å². The normalized spacial score (nSPS) is 11.2. The number of benzene rings is 1. The van der Waals surface area contributed by atoms with Crippen molar-refractivity contribution in [3.05, 3.63) is 76.8 Å². The Labute approximate surface area is 202 Å². The molecule has 3 aromatic heterocycles. The summed E-state index contributed by atoms with van der Waals surface area (Å²) in [6, 6.07) is 13.2. The summed E-state index contributed by atoms with van der Waals surface area (Å²) in [6.45, 7) is 5.53. The lowest BCUT2D eigenvalue weighted by Crippen LogP contribution is -2.18. The molecular formula is C26H23ClN6O. The third-order valence-corrected chi connectivity index (χ3v) is 6.01. The zero-order valence-corrected chi connectivity index (χ0v) is 20.0. The molecule has 0 atom stereocenters. The molecule has 0 spiro atoms. The van der Waals surface area contributed by atoms with Gasteiger partial charge in [-0.15, -0.1) is 0 Å². The van der Waals surface area contributed by atoms with E-state index in [-0.39, 0.29) is 5.91 Å². The van der Waals surface area contributed by atoms with Crippen LogP contribution in [0.25, 0.3) is 22.0 Å². The highest BCUT2D eigenvalue weighted by Crippen LogP contribution is 2.32. The van der Waals surface area contributed by atoms with Crippen molar-refractivity contribution in [2.45, 2.75) is 26.2 Å². The number of aromatic nitrogens is 3. The highest BCUT2D eigenvalue weighted by atomic mass is 35.5. The predicted octanol–water partition coefficient (Wildman–Crippen LogP) is 5.75. The summed E-state index contributed by atoms with van der Waals surface area (Å²) in [5.74, 6) is 0.298. The molecule has 7 nitrogen and oxygen atoms in total. The van der Waals surface area contributed by atoms with Gasteiger partial charge in [0.2, 0.25) is 0 Å². The monoisotopic (exact) mass is 470 g/mol. The van der Waals surface area contributed by atoms with Gasteiger partial charge in [0.05, 0.1) is 22.7 Å². The van der Waals surface area contributed by atoms with E-state index in [2.05, 4.69) is 31.7 Å². The second kappa shape index (κ2) is 9.08. The molecule has 0 saturated heterocycles. The molecule has 4 aromatic rings. The first-order valence-electron chi connectivity index (χ1n) is 10.7. The molecule has 3 heterocycles. The molecular weight excluding hydrogens is 448 g/mol. The van der Waals surface area contributed by atoms with Crippen LogP contribution in [0.2, 0.25) is 5.02 Å². The molecule has 0 saturated carbocycles. The van der Waals surface area contributed by atoms with Crippen molar-refractivity contribution in [3.8, 4) is 17.2 Å². The van der Waals surface area contributed by atoms with Gasteiger partial charge in [-0.2, -0.15) is 5.26 Å². The number of amides is 1. The zero-order valence-electron chi connectivity index (χ0n) is 19.3. The van der Waals surface area contributed by atoms with Gasteiger partial charge < -0.3 is 10.6 Å². The average molecular weight is 471 g/mol. The molecule has 2 N–H and O–H groups in total. The van der Waals surface area contributed by atoms with Crippen molar-refractivity contribution in [1.29, 1.82) is 5.26 Å². The number of nitrogens with zero attached hydrogens (tertiary/aromatic N) is 4. The van der Waals surface area contributed by atoms with E-state index in [4.69, 9.17) is 11.6 Å². The van der Waals surface area contributed by atoms with Crippen molar-refractivity contribution in [1.82, 2.24) is 15.0 Å². The molecule has 0 aliphatic carbocycles. The molecule has 4 rings (SSSR count). The first kappa shape index (κ1) is 23.1. The number of carbonyl (C=O) groups is 1. The fourth-order valence-electron chi connectivity index (χ4n) is 3.57. The summed E-state index contributed by atoms with van der Waals surface area (Å²) in [7, 11) is 1.76. The van der Waals surface area contributed by atoms with Gasteiger partial charge in [0, 0.05) is 47.8 Å². The Morgan fingerprint density at radius 3 is 2.62 bits per heavy atom. The second-order valence-corrected chi connectivity index (χ2v) is 8.86. The fraction of sp³-hybridized carbons (Fsp3) is 0.192. The zero-order chi connectivity index (χ0) is 24.5. The largest absolute Gasteiger partial charge is 0.372 e. The molecule has 0 unspecified atom stereocenters. The average Bonchev–Trinajstić information content (AvgIpc) is 2.85. The van der Waals surface area contributed by atoms with E-state index < -0.39 is 5.41 Å². The van der Waals surface area contributed by atoms with Gasteiger partial charge in [0.1, 0.15) is 10.8 Å². The van der Waals surface area contributed by atoms with Gasteiger partial charge in [0.25, 0.3) is 5.91 Å². The summed E-state index contributed by atoms with van der Waals surface area (Å²) >= 11 is 6.40. The van der Waals surface area contributed by atoms with Crippen LogP contribution in [-0.2, 0) is 5.41 Å². The van der Waals surface area contributed by atoms with Gasteiger partial charge in [-0.05, 0) is 62.2 Å². The number of nitriles is 1. The van der Waals surface area contributed by atoms with Crippen LogP contribution in [0.4, 0.5) is 11.5 Å². The number of rotatable bonds is 5. The Hall–Kier alpha value is -4.02. The number of aryl methyl sites for hydroxylation is 1. The van der Waals surface area contributed by atoms with Crippen LogP contribution in [0.15, 0.2) is 55.0 Å². The number of nitrogens with one attached hydrogen (secondary N) is 2. The standard InChI is InChI=1S/C26H23ClN6O/c1-15-5-6-19(33-25(34)16-7-8-30-21(10-16)26(2,3)14-28)11-20(15)17-9-18-13-32-24(29-4)22(27)23(18)31-12-17/h5-13H,1-4H3,(H,29,32)(H,33,34). The quantitative estimate of drug-likeness (QED) is 0.385. The van der Waals surface area contributed by atoms with E-state index >= 15 is 0 Å². The predicted molar refractivity (Wildman–Crippen MR) is 135 cm³/mol. The van der Waals surface area contributed by atoms with Crippen LogP contribution in [0.1, 0.15) is 35.5 Å². The minimum atomic E-state index is -0.790. The number of halogens is 1. The summed E-state index contributed by atoms with van der Waals surface area (Å²) in [6.07, 6.45) is 5.04. The second-order valence-electron chi connectivity index (χ2n) is 8.48. The number of hydrogen-bond donors (Lipinski definition) is 2. The summed E-state index contributed by atoms with van der Waals surface area (Å²) in [5.41, 5.74) is 4.35. The third kappa shape index (κ3) is 4.41. The van der Waals surface area contributed by atoms with Gasteiger partial charge in [-0.1, -0.05) is 17.7 Å². The SMILES string of the molecule is CNc1ncc2cc(-c3cc(NC(=O)c4ccnc(C(C)(C)C#N)c4)ccc3C)cnc2c1Cl. The number of anilines is 2. The van der Waals surface area contributed by atoms with Gasteiger partial charge in [-0.3, -0.25) is 14.8 Å². The van der Waals surface area contributed by atoms with E-state index in [9.17, 15) is 10.1 Å². The summed E-state index contributed by atoms with van der Waals surface area (Å²) < 4.78 is 0. The summed E-state index contributed by atoms with van der Waals surface area (Å²) in [5, 5.41) is 16.6. The van der Waals surface area contributed by atoms with E-state index in [1.807, 2.05) is 31.2 Å². The van der Waals surface area contributed by atoms with E-state index in [1.54, 1.807) is 51.6 Å². The van der Waals surface area contributed by atoms with Crippen molar-refractivity contribution < 1.29 is 4.79 Å². The number of fused-ring (bicyclic) bond motifs is 1. The Balaban J connectivity index is 1.65. The maximum absolute atomic E-state index is 12.9. The van der Waals surface area contributed by atoms with E-state index in [1.165, 1.54) is 0 Å². The van der Waals surface area contributed by atoms with Gasteiger partial charge >= 0.3 is 0 Å². The number of carbonyl (C=O) groups excluding carboxylic acids is 1. The van der Waals surface area contributed by atoms with Crippen LogP contribution in [-0.4, -0.2) is 27.9 Å². The lowest BCUT2D eigenvalue weighted by molar-refractivity contribution is 0.102. The number of hydrogen-bond acceptors (Lipinski definition) is 6. The Bertz CT molecular complexity index is 1460. The van der Waals surface area contributed by atoms with Crippen molar-refractivity contribution in [3.63, 3.8) is 0 Å². The van der Waals surface area contributed by atoms with Crippen LogP contribution in [0, 0.1) is 18.3 Å². The smallest absolute Gasteiger partial charge is 0.255 e. The summed E-state index contributed by atoms with van der Waals surface area (Å²) in [4.78, 5) is 26.1. The molecule has 1 aromatic carbocycles. The molecule has 0 aliphatic rings. The fourth-order valence-corrected chi connectivity index (χ4v) is 3.87. The minimum Gasteiger partial charge on any atom is -0.372 e. The Kier molecular flexibility index (Phi) is 6.18. The van der Waals surface area contributed by atoms with E-state index in [0.29, 0.717) is 33.3 Å². The molecule has 0 fully saturated rings. The molecule has 8 heteroatoms. The Morgan fingerprint density at radius 2 is 1.88 bits per heavy atom. The van der Waals surface area contributed by atoms with Crippen LogP contribution in [0.5, 0.6) is 0 Å². The van der Waals surface area contributed by atoms with Gasteiger partial charge in [0.15, 0.2) is 0 Å². The molecule has 0 bridgehead atoms. The molecule has 0 aliphatic heterocycles. The van der Waals surface area contributed by atoms with E-state index in [0.717, 1.165) is 22.1 Å². The highest BCUT2D eigenvalue weighted by Gasteiger charge is 2.22. The topological polar surface area (TPSA) is 104 Å². The maximum atomic E-state index is 12.9. The van der Waals surface area contributed by atoms with Gasteiger partial charge in [-0.25, -0.2) is 4.98 Å². The molecule has 1 amide bonds. The number of pyridine rings is 3. The van der Waals surface area contributed by atoms with Crippen molar-refractivity contribution in [2.24, 2.45) is 0 Å². The Morgan fingerprint density at radius 1 is 1.09 bits per heavy atom. The van der Waals surface area contributed by atoms with Crippen molar-refractivity contribution >= 4 is 39.9 Å². The lowest BCUT2D eigenvalue weighted by atomic mass is 9.90. The molecule has 34 heavy (non-hydrogen) atoms. The van der Waals surface area contributed by atoms with Crippen LogP contribution in [0.3, 0.4) is 0 Å². The minimum absolute atomic E-state index is 0.278. The first-order valence-corrected chi connectivity index (χ1v) is 11.0. The molecule has 170 valence electrons. The van der Waals surface area contributed by atoms with Crippen molar-refractivity contribution in [2.75, 3.05) is 17.7 Å². The first-order chi connectivity index (χ1) is 16.2. The molecule has 0 radical (unpaired) electrons. The maximum Gasteiger partial charge on any atom is 0.255 e. The third-order valence-electron chi connectivity index (χ3n) is 5.65.